The topological polar surface area (TPSA) is 50.5 Å². The molecule has 0 radical (unpaired) electrons. The van der Waals surface area contributed by atoms with E-state index in [1.165, 1.54) is 22.7 Å². The van der Waals surface area contributed by atoms with E-state index in [0.29, 0.717) is 5.76 Å². The number of rotatable bonds is 5. The molecule has 0 unspecified atom stereocenters. The zero-order chi connectivity index (χ0) is 14.6. The molecule has 6 heteroatoms. The van der Waals surface area contributed by atoms with E-state index < -0.39 is 10.0 Å². The molecule has 20 heavy (non-hydrogen) atoms. The van der Waals surface area contributed by atoms with Crippen molar-refractivity contribution in [1.29, 1.82) is 0 Å². The number of nitrogens with zero attached hydrogens (tertiary/aromatic N) is 1. The van der Waals surface area contributed by atoms with Crippen molar-refractivity contribution in [3.63, 3.8) is 0 Å². The molecule has 0 atom stereocenters. The van der Waals surface area contributed by atoms with Crippen molar-refractivity contribution in [2.24, 2.45) is 0 Å². The molecule has 4 nitrogen and oxygen atoms in total. The van der Waals surface area contributed by atoms with Crippen LogP contribution in [-0.2, 0) is 16.6 Å². The van der Waals surface area contributed by atoms with Gasteiger partial charge >= 0.3 is 0 Å². The fraction of sp³-hybridized carbons (Fsp3) is 0.143. The molecule has 1 aromatic carbocycles. The minimum atomic E-state index is -3.65. The minimum Gasteiger partial charge on any atom is -0.468 e. The second kappa shape index (κ2) is 6.27. The summed E-state index contributed by atoms with van der Waals surface area (Å²) in [6.45, 7) is 0.0920. The number of terminal acetylenes is 1. The van der Waals surface area contributed by atoms with Crippen molar-refractivity contribution in [2.75, 3.05) is 6.54 Å². The lowest BCUT2D eigenvalue weighted by atomic mass is 10.4. The Morgan fingerprint density at radius 3 is 2.50 bits per heavy atom. The van der Waals surface area contributed by atoms with E-state index in [1.54, 1.807) is 24.3 Å². The van der Waals surface area contributed by atoms with Crippen LogP contribution in [0.5, 0.6) is 0 Å². The average Bonchev–Trinajstić information content (AvgIpc) is 2.92. The first-order valence-corrected chi connectivity index (χ1v) is 7.99. The minimum absolute atomic E-state index is 0.0148. The first kappa shape index (κ1) is 14.9. The summed E-state index contributed by atoms with van der Waals surface area (Å²) in [6, 6.07) is 9.83. The van der Waals surface area contributed by atoms with Gasteiger partial charge in [0.25, 0.3) is 0 Å². The molecule has 0 fully saturated rings. The van der Waals surface area contributed by atoms with Gasteiger partial charge in [-0.25, -0.2) is 8.42 Å². The van der Waals surface area contributed by atoms with Crippen LogP contribution >= 0.6 is 15.9 Å². The van der Waals surface area contributed by atoms with Crippen LogP contribution in [0, 0.1) is 12.3 Å². The summed E-state index contributed by atoms with van der Waals surface area (Å²) in [5.74, 6) is 2.91. The van der Waals surface area contributed by atoms with Crippen molar-refractivity contribution in [2.45, 2.75) is 11.4 Å². The Labute approximate surface area is 126 Å². The van der Waals surface area contributed by atoms with E-state index in [9.17, 15) is 8.42 Å². The predicted molar refractivity (Wildman–Crippen MR) is 79.3 cm³/mol. The van der Waals surface area contributed by atoms with Gasteiger partial charge in [-0.3, -0.25) is 0 Å². The van der Waals surface area contributed by atoms with Gasteiger partial charge in [-0.1, -0.05) is 21.9 Å². The number of hydrogen-bond acceptors (Lipinski definition) is 3. The normalized spacial score (nSPS) is 11.4. The summed E-state index contributed by atoms with van der Waals surface area (Å²) < 4.78 is 32.3. The molecular weight excluding hydrogens is 342 g/mol. The summed E-state index contributed by atoms with van der Waals surface area (Å²) in [5.41, 5.74) is 0. The molecule has 104 valence electrons. The van der Waals surface area contributed by atoms with Crippen LogP contribution in [0.2, 0.25) is 0 Å². The maximum atomic E-state index is 12.5. The van der Waals surface area contributed by atoms with Crippen LogP contribution in [0.4, 0.5) is 0 Å². The smallest absolute Gasteiger partial charge is 0.244 e. The molecule has 2 rings (SSSR count). The molecule has 0 aliphatic rings. The standard InChI is InChI=1S/C14H12BrNO3S/c1-2-9-16(11-13-4-3-10-19-13)20(17,18)14-7-5-12(15)6-8-14/h1,3-8,10H,9,11H2. The van der Waals surface area contributed by atoms with E-state index in [-0.39, 0.29) is 18.0 Å². The van der Waals surface area contributed by atoms with Gasteiger partial charge in [-0.05, 0) is 36.4 Å². The lowest BCUT2D eigenvalue weighted by molar-refractivity contribution is 0.389. The summed E-state index contributed by atoms with van der Waals surface area (Å²) in [7, 11) is -3.65. The quantitative estimate of drug-likeness (QED) is 0.776. The Kier molecular flexibility index (Phi) is 4.65. The first-order valence-electron chi connectivity index (χ1n) is 5.75. The number of hydrogen-bond donors (Lipinski definition) is 0. The second-order valence-electron chi connectivity index (χ2n) is 4.01. The van der Waals surface area contributed by atoms with Crippen LogP contribution in [0.15, 0.2) is 56.4 Å². The Balaban J connectivity index is 2.32. The highest BCUT2D eigenvalue weighted by molar-refractivity contribution is 9.10. The van der Waals surface area contributed by atoms with Gasteiger partial charge in [0.05, 0.1) is 24.2 Å². The molecule has 1 aromatic heterocycles. The third kappa shape index (κ3) is 3.31. The van der Waals surface area contributed by atoms with Crippen LogP contribution in [0.1, 0.15) is 5.76 Å². The molecule has 0 aliphatic heterocycles. The Hall–Kier alpha value is -1.55. The summed E-state index contributed by atoms with van der Waals surface area (Å²) in [6.07, 6.45) is 6.76. The van der Waals surface area contributed by atoms with Gasteiger partial charge in [-0.15, -0.1) is 6.42 Å². The molecule has 2 aromatic rings. The van der Waals surface area contributed by atoms with Crippen LogP contribution < -0.4 is 0 Å². The highest BCUT2D eigenvalue weighted by Crippen LogP contribution is 2.20. The Morgan fingerprint density at radius 1 is 1.25 bits per heavy atom. The Bertz CT molecular complexity index is 700. The lowest BCUT2D eigenvalue weighted by Gasteiger charge is -2.18. The molecule has 0 spiro atoms. The molecule has 0 N–H and O–H groups in total. The highest BCUT2D eigenvalue weighted by Gasteiger charge is 2.24. The largest absolute Gasteiger partial charge is 0.468 e. The van der Waals surface area contributed by atoms with E-state index in [4.69, 9.17) is 10.8 Å². The van der Waals surface area contributed by atoms with Gasteiger partial charge in [0, 0.05) is 4.47 Å². The summed E-state index contributed by atoms with van der Waals surface area (Å²) >= 11 is 3.27. The lowest BCUT2D eigenvalue weighted by Crippen LogP contribution is -2.30. The van der Waals surface area contributed by atoms with Crippen molar-refractivity contribution >= 4 is 26.0 Å². The maximum Gasteiger partial charge on any atom is 0.244 e. The third-order valence-electron chi connectivity index (χ3n) is 2.63. The Morgan fingerprint density at radius 2 is 1.95 bits per heavy atom. The third-order valence-corrected chi connectivity index (χ3v) is 4.97. The molecule has 0 saturated heterocycles. The molecule has 0 saturated carbocycles. The van der Waals surface area contributed by atoms with Gasteiger partial charge in [0.2, 0.25) is 10.0 Å². The van der Waals surface area contributed by atoms with Gasteiger partial charge in [0.15, 0.2) is 0 Å². The van der Waals surface area contributed by atoms with Gasteiger partial charge < -0.3 is 4.42 Å². The van der Waals surface area contributed by atoms with Crippen LogP contribution in [0.3, 0.4) is 0 Å². The summed E-state index contributed by atoms with van der Waals surface area (Å²) in [5, 5.41) is 0. The van der Waals surface area contributed by atoms with E-state index in [0.717, 1.165) is 4.47 Å². The number of benzene rings is 1. The zero-order valence-corrected chi connectivity index (χ0v) is 12.9. The average molecular weight is 354 g/mol. The van der Waals surface area contributed by atoms with E-state index >= 15 is 0 Å². The van der Waals surface area contributed by atoms with E-state index in [1.807, 2.05) is 0 Å². The van der Waals surface area contributed by atoms with Crippen LogP contribution in [-0.4, -0.2) is 19.3 Å². The van der Waals surface area contributed by atoms with Crippen molar-refractivity contribution < 1.29 is 12.8 Å². The van der Waals surface area contributed by atoms with Crippen molar-refractivity contribution in [3.05, 3.63) is 52.9 Å². The van der Waals surface area contributed by atoms with E-state index in [2.05, 4.69) is 21.9 Å². The maximum absolute atomic E-state index is 12.5. The van der Waals surface area contributed by atoms with Crippen LogP contribution in [0.25, 0.3) is 0 Å². The molecule has 0 bridgehead atoms. The first-order chi connectivity index (χ1) is 9.54. The number of sulfonamides is 1. The number of furan rings is 1. The second-order valence-corrected chi connectivity index (χ2v) is 6.86. The predicted octanol–water partition coefficient (Wildman–Crippen LogP) is 2.87. The zero-order valence-electron chi connectivity index (χ0n) is 10.5. The molecular formula is C14H12BrNO3S. The van der Waals surface area contributed by atoms with Gasteiger partial charge in [0.1, 0.15) is 5.76 Å². The van der Waals surface area contributed by atoms with Crippen molar-refractivity contribution in [1.82, 2.24) is 4.31 Å². The fourth-order valence-electron chi connectivity index (χ4n) is 1.66. The highest BCUT2D eigenvalue weighted by atomic mass is 79.9. The van der Waals surface area contributed by atoms with Gasteiger partial charge in [-0.2, -0.15) is 4.31 Å². The monoisotopic (exact) mass is 353 g/mol. The van der Waals surface area contributed by atoms with Crippen molar-refractivity contribution in [3.8, 4) is 12.3 Å². The molecule has 0 aliphatic carbocycles. The molecule has 0 amide bonds. The summed E-state index contributed by atoms with van der Waals surface area (Å²) in [4.78, 5) is 0.197. The molecule has 1 heterocycles. The fourth-order valence-corrected chi connectivity index (χ4v) is 3.24. The SMILES string of the molecule is C#CCN(Cc1ccco1)S(=O)(=O)c1ccc(Br)cc1. The number of halogens is 1.